The molecule has 78 valence electrons. The van der Waals surface area contributed by atoms with Gasteiger partial charge in [-0.3, -0.25) is 0 Å². The highest BCUT2D eigenvalue weighted by atomic mass is 16.5. The summed E-state index contributed by atoms with van der Waals surface area (Å²) in [5.74, 6) is 0. The Morgan fingerprint density at radius 3 is 2.69 bits per heavy atom. The van der Waals surface area contributed by atoms with E-state index < -0.39 is 0 Å². The lowest BCUT2D eigenvalue weighted by Crippen LogP contribution is -2.38. The van der Waals surface area contributed by atoms with Crippen molar-refractivity contribution < 1.29 is 4.74 Å². The summed E-state index contributed by atoms with van der Waals surface area (Å²) in [5, 5.41) is 0. The third-order valence-electron chi connectivity index (χ3n) is 2.89. The van der Waals surface area contributed by atoms with E-state index in [0.29, 0.717) is 0 Å². The third kappa shape index (κ3) is 2.66. The summed E-state index contributed by atoms with van der Waals surface area (Å²) in [6.07, 6.45) is 2.14. The van der Waals surface area contributed by atoms with Gasteiger partial charge < -0.3 is 15.4 Å². The molecular weight excluding hydrogens is 164 g/mol. The zero-order valence-corrected chi connectivity index (χ0v) is 8.88. The molecule has 1 rings (SSSR count). The summed E-state index contributed by atoms with van der Waals surface area (Å²) >= 11 is 0. The first-order valence-corrected chi connectivity index (χ1v) is 5.32. The minimum atomic E-state index is 0.0690. The second kappa shape index (κ2) is 4.94. The molecule has 1 saturated heterocycles. The van der Waals surface area contributed by atoms with Crippen LogP contribution in [0.25, 0.3) is 0 Å². The molecule has 3 heteroatoms. The fourth-order valence-corrected chi connectivity index (χ4v) is 2.16. The summed E-state index contributed by atoms with van der Waals surface area (Å²) in [4.78, 5) is 2.44. The van der Waals surface area contributed by atoms with E-state index in [1.54, 1.807) is 0 Å². The van der Waals surface area contributed by atoms with Gasteiger partial charge in [0.2, 0.25) is 0 Å². The van der Waals surface area contributed by atoms with Gasteiger partial charge in [-0.25, -0.2) is 0 Å². The molecule has 0 aliphatic carbocycles. The molecule has 1 fully saturated rings. The number of nitrogens with two attached hydrogens (primary N) is 1. The largest absolute Gasteiger partial charge is 0.374 e. The van der Waals surface area contributed by atoms with E-state index in [1.165, 1.54) is 0 Å². The molecule has 2 N–H and O–H groups in total. The van der Waals surface area contributed by atoms with Crippen molar-refractivity contribution in [1.29, 1.82) is 0 Å². The molecule has 1 aliphatic heterocycles. The molecule has 1 heterocycles. The fourth-order valence-electron chi connectivity index (χ4n) is 2.16. The molecule has 0 aromatic heterocycles. The first-order valence-electron chi connectivity index (χ1n) is 5.32. The smallest absolute Gasteiger partial charge is 0.0832 e. The summed E-state index contributed by atoms with van der Waals surface area (Å²) < 4.78 is 5.84. The number of hydrogen-bond donors (Lipinski definition) is 1. The number of ether oxygens (including phenoxy) is 1. The van der Waals surface area contributed by atoms with Crippen LogP contribution in [0.5, 0.6) is 0 Å². The summed E-state index contributed by atoms with van der Waals surface area (Å²) in [6, 6.07) is 0. The van der Waals surface area contributed by atoms with Crippen molar-refractivity contribution in [3.05, 3.63) is 0 Å². The molecule has 13 heavy (non-hydrogen) atoms. The van der Waals surface area contributed by atoms with Crippen molar-refractivity contribution in [2.75, 3.05) is 32.8 Å². The lowest BCUT2D eigenvalue weighted by Gasteiger charge is -2.28. The molecule has 0 radical (unpaired) electrons. The van der Waals surface area contributed by atoms with Crippen LogP contribution in [0.1, 0.15) is 26.7 Å². The second-order valence-corrected chi connectivity index (χ2v) is 3.77. The topological polar surface area (TPSA) is 38.5 Å². The summed E-state index contributed by atoms with van der Waals surface area (Å²) in [7, 11) is 0. The van der Waals surface area contributed by atoms with E-state index in [4.69, 9.17) is 10.5 Å². The Balaban J connectivity index is 2.49. The first-order chi connectivity index (χ1) is 6.26. The van der Waals surface area contributed by atoms with E-state index in [2.05, 4.69) is 18.7 Å². The van der Waals surface area contributed by atoms with E-state index in [-0.39, 0.29) is 5.60 Å². The predicted molar refractivity (Wildman–Crippen MR) is 54.8 cm³/mol. The van der Waals surface area contributed by atoms with E-state index in [0.717, 1.165) is 45.6 Å². The van der Waals surface area contributed by atoms with Crippen molar-refractivity contribution in [2.24, 2.45) is 5.73 Å². The quantitative estimate of drug-likeness (QED) is 0.691. The number of likely N-dealkylation sites (N-methyl/N-ethyl adjacent to an activating group) is 1. The lowest BCUT2D eigenvalue weighted by molar-refractivity contribution is -0.0348. The second-order valence-electron chi connectivity index (χ2n) is 3.77. The van der Waals surface area contributed by atoms with Crippen molar-refractivity contribution >= 4 is 0 Å². The molecule has 3 nitrogen and oxygen atoms in total. The average molecular weight is 186 g/mol. The Kier molecular flexibility index (Phi) is 4.16. The Hall–Kier alpha value is -0.120. The van der Waals surface area contributed by atoms with Crippen LogP contribution in [0, 0.1) is 0 Å². The maximum Gasteiger partial charge on any atom is 0.0832 e. The lowest BCUT2D eigenvalue weighted by atomic mass is 9.98. The molecule has 0 spiro atoms. The van der Waals surface area contributed by atoms with Crippen LogP contribution in [-0.4, -0.2) is 43.3 Å². The van der Waals surface area contributed by atoms with Crippen molar-refractivity contribution in [1.82, 2.24) is 4.90 Å². The van der Waals surface area contributed by atoms with Crippen LogP contribution in [0.3, 0.4) is 0 Å². The Bertz CT molecular complexity index is 144. The van der Waals surface area contributed by atoms with Gasteiger partial charge in [0.05, 0.1) is 5.60 Å². The number of likely N-dealkylation sites (tertiary alicyclic amines) is 1. The van der Waals surface area contributed by atoms with Gasteiger partial charge in [0.15, 0.2) is 0 Å². The summed E-state index contributed by atoms with van der Waals surface area (Å²) in [5.41, 5.74) is 5.68. The zero-order chi connectivity index (χ0) is 9.73. The molecule has 0 bridgehead atoms. The minimum Gasteiger partial charge on any atom is -0.374 e. The van der Waals surface area contributed by atoms with Crippen molar-refractivity contribution in [3.8, 4) is 0 Å². The highest BCUT2D eigenvalue weighted by molar-refractivity contribution is 4.91. The van der Waals surface area contributed by atoms with Crippen molar-refractivity contribution in [2.45, 2.75) is 32.3 Å². The maximum absolute atomic E-state index is 5.84. The average Bonchev–Trinajstić information content (AvgIpc) is 2.50. The number of nitrogens with zero attached hydrogens (tertiary/aromatic N) is 1. The standard InChI is InChI=1S/C10H22N2O/c1-3-12-8-6-10(9-12,5-7-11)13-4-2/h3-9,11H2,1-2H3. The van der Waals surface area contributed by atoms with E-state index >= 15 is 0 Å². The number of hydrogen-bond acceptors (Lipinski definition) is 3. The van der Waals surface area contributed by atoms with Crippen LogP contribution < -0.4 is 5.73 Å². The molecule has 1 aliphatic rings. The Labute approximate surface area is 81.2 Å². The van der Waals surface area contributed by atoms with Gasteiger partial charge in [-0.15, -0.1) is 0 Å². The van der Waals surface area contributed by atoms with Crippen LogP contribution >= 0.6 is 0 Å². The van der Waals surface area contributed by atoms with Gasteiger partial charge in [0.1, 0.15) is 0 Å². The van der Waals surface area contributed by atoms with Crippen LogP contribution in [0.2, 0.25) is 0 Å². The van der Waals surface area contributed by atoms with Crippen LogP contribution in [0.15, 0.2) is 0 Å². The molecule has 0 aromatic carbocycles. The van der Waals surface area contributed by atoms with Gasteiger partial charge in [-0.2, -0.15) is 0 Å². The van der Waals surface area contributed by atoms with Gasteiger partial charge >= 0.3 is 0 Å². The van der Waals surface area contributed by atoms with Gasteiger partial charge in [0.25, 0.3) is 0 Å². The van der Waals surface area contributed by atoms with Gasteiger partial charge in [-0.05, 0) is 32.9 Å². The van der Waals surface area contributed by atoms with Crippen LogP contribution in [-0.2, 0) is 4.74 Å². The van der Waals surface area contributed by atoms with Gasteiger partial charge in [0, 0.05) is 19.7 Å². The van der Waals surface area contributed by atoms with Gasteiger partial charge in [-0.1, -0.05) is 6.92 Å². The van der Waals surface area contributed by atoms with E-state index in [9.17, 15) is 0 Å². The molecule has 0 aromatic rings. The molecule has 0 saturated carbocycles. The highest BCUT2D eigenvalue weighted by Crippen LogP contribution is 2.28. The molecule has 1 unspecified atom stereocenters. The SMILES string of the molecule is CCOC1(CCN)CCN(CC)C1. The minimum absolute atomic E-state index is 0.0690. The third-order valence-corrected chi connectivity index (χ3v) is 2.89. The molecule has 0 amide bonds. The Morgan fingerprint density at radius 2 is 2.23 bits per heavy atom. The monoisotopic (exact) mass is 186 g/mol. The summed E-state index contributed by atoms with van der Waals surface area (Å²) in [6.45, 7) is 9.15. The van der Waals surface area contributed by atoms with Crippen molar-refractivity contribution in [3.63, 3.8) is 0 Å². The van der Waals surface area contributed by atoms with E-state index in [1.807, 2.05) is 0 Å². The fraction of sp³-hybridized carbons (Fsp3) is 1.00. The highest BCUT2D eigenvalue weighted by Gasteiger charge is 2.37. The number of rotatable bonds is 5. The predicted octanol–water partition coefficient (Wildman–Crippen LogP) is 0.836. The zero-order valence-electron chi connectivity index (χ0n) is 8.88. The maximum atomic E-state index is 5.84. The van der Waals surface area contributed by atoms with Crippen LogP contribution in [0.4, 0.5) is 0 Å². The molecule has 1 atom stereocenters. The molecular formula is C10H22N2O. The normalized spacial score (nSPS) is 29.8. The Morgan fingerprint density at radius 1 is 1.46 bits per heavy atom. The first kappa shape index (κ1) is 11.0.